The summed E-state index contributed by atoms with van der Waals surface area (Å²) in [6.07, 6.45) is 1.00. The first-order valence-corrected chi connectivity index (χ1v) is 4.13. The zero-order valence-electron chi connectivity index (χ0n) is 7.78. The van der Waals surface area contributed by atoms with Crippen molar-refractivity contribution >= 4 is 12.1 Å². The molecule has 0 aliphatic carbocycles. The maximum Gasteiger partial charge on any atom is 0.410 e. The van der Waals surface area contributed by atoms with Crippen LogP contribution in [0.3, 0.4) is 0 Å². The van der Waals surface area contributed by atoms with Gasteiger partial charge in [0.1, 0.15) is 6.04 Å². The van der Waals surface area contributed by atoms with E-state index in [-0.39, 0.29) is 5.97 Å². The predicted octanol–water partition coefficient (Wildman–Crippen LogP) is 0.390. The van der Waals surface area contributed by atoms with Gasteiger partial charge in [-0.3, -0.25) is 4.90 Å². The van der Waals surface area contributed by atoms with Crippen LogP contribution < -0.4 is 0 Å². The molecule has 0 aromatic heterocycles. The molecule has 1 heterocycles. The largest absolute Gasteiger partial charge is 0.467 e. The van der Waals surface area contributed by atoms with Gasteiger partial charge in [-0.1, -0.05) is 0 Å². The van der Waals surface area contributed by atoms with Crippen LogP contribution in [0.15, 0.2) is 0 Å². The lowest BCUT2D eigenvalue weighted by molar-refractivity contribution is -0.145. The van der Waals surface area contributed by atoms with E-state index in [1.54, 1.807) is 0 Å². The summed E-state index contributed by atoms with van der Waals surface area (Å²) < 4.78 is 9.11. The van der Waals surface area contributed by atoms with Gasteiger partial charge in [0.25, 0.3) is 0 Å². The fourth-order valence-electron chi connectivity index (χ4n) is 1.48. The molecule has 0 bridgehead atoms. The normalized spacial score (nSPS) is 21.4. The highest BCUT2D eigenvalue weighted by atomic mass is 16.5. The standard InChI is InChI=1S/C8H13NO4/c1-12-7(10)6-4-3-5-9(6)8(11)13-2/h6H,3-5H2,1-2H3/t6-/m1/s1. The number of methoxy groups -OCH3 is 2. The number of carbonyl (C=O) groups is 2. The SMILES string of the molecule is COC(=O)[C@H]1CCCN1C(=O)OC. The molecular weight excluding hydrogens is 174 g/mol. The molecular formula is C8H13NO4. The van der Waals surface area contributed by atoms with Gasteiger partial charge in [-0.2, -0.15) is 0 Å². The number of nitrogens with zero attached hydrogens (tertiary/aromatic N) is 1. The molecule has 0 N–H and O–H groups in total. The summed E-state index contributed by atoms with van der Waals surface area (Å²) >= 11 is 0. The minimum Gasteiger partial charge on any atom is -0.467 e. The summed E-state index contributed by atoms with van der Waals surface area (Å²) in [5.41, 5.74) is 0. The Morgan fingerprint density at radius 2 is 2.00 bits per heavy atom. The number of rotatable bonds is 1. The second kappa shape index (κ2) is 4.11. The minimum absolute atomic E-state index is 0.372. The number of carbonyl (C=O) groups excluding carboxylic acids is 2. The van der Waals surface area contributed by atoms with Gasteiger partial charge in [-0.25, -0.2) is 9.59 Å². The molecule has 0 aromatic rings. The Morgan fingerprint density at radius 1 is 1.31 bits per heavy atom. The third-order valence-corrected chi connectivity index (χ3v) is 2.14. The molecule has 1 rings (SSSR count). The molecule has 1 fully saturated rings. The van der Waals surface area contributed by atoms with Crippen LogP contribution in [0.25, 0.3) is 0 Å². The van der Waals surface area contributed by atoms with Gasteiger partial charge >= 0.3 is 12.1 Å². The Hall–Kier alpha value is -1.26. The van der Waals surface area contributed by atoms with Crippen LogP contribution >= 0.6 is 0 Å². The Bertz CT molecular complexity index is 194. The summed E-state index contributed by atoms with van der Waals surface area (Å²) in [6, 6.07) is -0.461. The third-order valence-electron chi connectivity index (χ3n) is 2.14. The number of hydrogen-bond acceptors (Lipinski definition) is 4. The van der Waals surface area contributed by atoms with Gasteiger partial charge in [0.05, 0.1) is 14.2 Å². The highest BCUT2D eigenvalue weighted by Crippen LogP contribution is 2.18. The lowest BCUT2D eigenvalue weighted by Crippen LogP contribution is -2.40. The van der Waals surface area contributed by atoms with Crippen LogP contribution in [0.1, 0.15) is 12.8 Å². The lowest BCUT2D eigenvalue weighted by atomic mass is 10.2. The van der Waals surface area contributed by atoms with Crippen molar-refractivity contribution in [2.75, 3.05) is 20.8 Å². The molecule has 13 heavy (non-hydrogen) atoms. The smallest absolute Gasteiger partial charge is 0.410 e. The zero-order chi connectivity index (χ0) is 9.84. The summed E-state index contributed by atoms with van der Waals surface area (Å²) in [6.45, 7) is 0.562. The van der Waals surface area contributed by atoms with Crippen molar-refractivity contribution in [2.45, 2.75) is 18.9 Å². The summed E-state index contributed by atoms with van der Waals surface area (Å²) in [7, 11) is 2.62. The zero-order valence-corrected chi connectivity index (χ0v) is 7.78. The number of ether oxygens (including phenoxy) is 2. The molecule has 1 amide bonds. The first kappa shape index (κ1) is 9.83. The molecule has 0 radical (unpaired) electrons. The molecule has 0 saturated carbocycles. The van der Waals surface area contributed by atoms with Crippen molar-refractivity contribution < 1.29 is 19.1 Å². The Labute approximate surface area is 76.6 Å². The van der Waals surface area contributed by atoms with Crippen molar-refractivity contribution in [3.63, 3.8) is 0 Å². The minimum atomic E-state index is -0.465. The molecule has 1 atom stereocenters. The maximum absolute atomic E-state index is 11.2. The number of amides is 1. The lowest BCUT2D eigenvalue weighted by Gasteiger charge is -2.20. The van der Waals surface area contributed by atoms with Gasteiger partial charge in [-0.05, 0) is 12.8 Å². The second-order valence-electron chi connectivity index (χ2n) is 2.84. The first-order valence-electron chi connectivity index (χ1n) is 4.13. The molecule has 0 aromatic carbocycles. The van der Waals surface area contributed by atoms with Gasteiger partial charge in [0.15, 0.2) is 0 Å². The van der Waals surface area contributed by atoms with Gasteiger partial charge < -0.3 is 9.47 Å². The van der Waals surface area contributed by atoms with Crippen LogP contribution in [0.2, 0.25) is 0 Å². The summed E-state index contributed by atoms with van der Waals surface area (Å²) in [5.74, 6) is -0.372. The molecule has 1 aliphatic heterocycles. The summed E-state index contributed by atoms with van der Waals surface area (Å²) in [4.78, 5) is 23.7. The number of hydrogen-bond donors (Lipinski definition) is 0. The van der Waals surface area contributed by atoms with E-state index in [0.717, 1.165) is 6.42 Å². The van der Waals surface area contributed by atoms with E-state index >= 15 is 0 Å². The van der Waals surface area contributed by atoms with E-state index in [1.807, 2.05) is 0 Å². The molecule has 1 saturated heterocycles. The molecule has 0 spiro atoms. The van der Waals surface area contributed by atoms with Crippen LogP contribution in [0.4, 0.5) is 4.79 Å². The highest BCUT2D eigenvalue weighted by Gasteiger charge is 2.35. The molecule has 5 heteroatoms. The van der Waals surface area contributed by atoms with Gasteiger partial charge in [0, 0.05) is 6.54 Å². The Balaban J connectivity index is 2.63. The van der Waals surface area contributed by atoms with E-state index in [9.17, 15) is 9.59 Å². The van der Waals surface area contributed by atoms with E-state index < -0.39 is 12.1 Å². The molecule has 1 aliphatic rings. The second-order valence-corrected chi connectivity index (χ2v) is 2.84. The highest BCUT2D eigenvalue weighted by molar-refractivity contribution is 5.81. The predicted molar refractivity (Wildman–Crippen MR) is 44.1 cm³/mol. The van der Waals surface area contributed by atoms with Crippen molar-refractivity contribution in [3.8, 4) is 0 Å². The van der Waals surface area contributed by atoms with Crippen molar-refractivity contribution in [3.05, 3.63) is 0 Å². The van der Waals surface area contributed by atoms with Crippen molar-refractivity contribution in [1.29, 1.82) is 0 Å². The van der Waals surface area contributed by atoms with Gasteiger partial charge in [-0.15, -0.1) is 0 Å². The molecule has 74 valence electrons. The third kappa shape index (κ3) is 1.91. The van der Waals surface area contributed by atoms with E-state index in [1.165, 1.54) is 19.1 Å². The maximum atomic E-state index is 11.2. The average Bonchev–Trinajstić information content (AvgIpc) is 2.63. The van der Waals surface area contributed by atoms with Crippen LogP contribution in [-0.4, -0.2) is 43.8 Å². The fraction of sp³-hybridized carbons (Fsp3) is 0.750. The summed E-state index contributed by atoms with van der Waals surface area (Å²) in [5, 5.41) is 0. The van der Waals surface area contributed by atoms with E-state index in [0.29, 0.717) is 13.0 Å². The monoisotopic (exact) mass is 187 g/mol. The molecule has 0 unspecified atom stereocenters. The molecule has 5 nitrogen and oxygen atoms in total. The van der Waals surface area contributed by atoms with E-state index in [4.69, 9.17) is 0 Å². The van der Waals surface area contributed by atoms with Crippen LogP contribution in [0.5, 0.6) is 0 Å². The fourth-order valence-corrected chi connectivity index (χ4v) is 1.48. The van der Waals surface area contributed by atoms with Crippen LogP contribution in [0, 0.1) is 0 Å². The quantitative estimate of drug-likeness (QED) is 0.557. The van der Waals surface area contributed by atoms with Crippen LogP contribution in [-0.2, 0) is 14.3 Å². The van der Waals surface area contributed by atoms with Crippen molar-refractivity contribution in [1.82, 2.24) is 4.90 Å². The van der Waals surface area contributed by atoms with Gasteiger partial charge in [0.2, 0.25) is 0 Å². The Morgan fingerprint density at radius 3 is 2.54 bits per heavy atom. The van der Waals surface area contributed by atoms with E-state index in [2.05, 4.69) is 9.47 Å². The number of likely N-dealkylation sites (tertiary alicyclic amines) is 1. The number of esters is 1. The topological polar surface area (TPSA) is 55.8 Å². The van der Waals surface area contributed by atoms with Crippen molar-refractivity contribution in [2.24, 2.45) is 0 Å². The Kier molecular flexibility index (Phi) is 3.11. The first-order chi connectivity index (χ1) is 6.20. The average molecular weight is 187 g/mol.